The molecule has 1 aliphatic heterocycles. The molecule has 6 heteroatoms. The fourth-order valence-electron chi connectivity index (χ4n) is 2.67. The minimum atomic E-state index is -0.349. The van der Waals surface area contributed by atoms with Crippen molar-refractivity contribution in [2.45, 2.75) is 0 Å². The fraction of sp³-hybridized carbons (Fsp3) is 0.278. The smallest absolute Gasteiger partial charge is 0.260 e. The summed E-state index contributed by atoms with van der Waals surface area (Å²) in [4.78, 5) is 15.8. The first-order chi connectivity index (χ1) is 11.6. The van der Waals surface area contributed by atoms with Gasteiger partial charge in [0, 0.05) is 26.2 Å². The number of rotatable bonds is 4. The van der Waals surface area contributed by atoms with E-state index in [1.165, 1.54) is 30.3 Å². The quantitative estimate of drug-likeness (QED) is 0.863. The lowest BCUT2D eigenvalue weighted by Gasteiger charge is -2.36. The van der Waals surface area contributed by atoms with Gasteiger partial charge in [0.25, 0.3) is 5.91 Å². The Kier molecular flexibility index (Phi) is 4.93. The molecule has 1 heterocycles. The maximum Gasteiger partial charge on any atom is 0.260 e. The zero-order valence-electron chi connectivity index (χ0n) is 13.1. The lowest BCUT2D eigenvalue weighted by molar-refractivity contribution is -0.133. The molecule has 4 nitrogen and oxygen atoms in total. The molecule has 0 radical (unpaired) electrons. The van der Waals surface area contributed by atoms with E-state index in [2.05, 4.69) is 0 Å². The third kappa shape index (κ3) is 3.82. The van der Waals surface area contributed by atoms with Gasteiger partial charge in [0.15, 0.2) is 6.61 Å². The summed E-state index contributed by atoms with van der Waals surface area (Å²) in [6, 6.07) is 12.2. The number of amides is 1. The predicted octanol–water partition coefficient (Wildman–Crippen LogP) is 2.69. The van der Waals surface area contributed by atoms with Gasteiger partial charge in [-0.15, -0.1) is 0 Å². The number of piperazine rings is 1. The summed E-state index contributed by atoms with van der Waals surface area (Å²) in [7, 11) is 0. The van der Waals surface area contributed by atoms with Gasteiger partial charge in [-0.05, 0) is 36.4 Å². The molecule has 0 aromatic heterocycles. The number of carbonyl (C=O) groups excluding carboxylic acids is 1. The molecule has 0 N–H and O–H groups in total. The minimum Gasteiger partial charge on any atom is -0.484 e. The number of hydrogen-bond donors (Lipinski definition) is 0. The Morgan fingerprint density at radius 3 is 2.29 bits per heavy atom. The van der Waals surface area contributed by atoms with Crippen LogP contribution in [-0.2, 0) is 4.79 Å². The average molecular weight is 332 g/mol. The number of para-hydroxylation sites is 1. The van der Waals surface area contributed by atoms with Crippen molar-refractivity contribution in [3.63, 3.8) is 0 Å². The summed E-state index contributed by atoms with van der Waals surface area (Å²) in [5, 5.41) is 0. The van der Waals surface area contributed by atoms with Crippen molar-refractivity contribution >= 4 is 11.6 Å². The minimum absolute atomic E-state index is 0.0919. The highest BCUT2D eigenvalue weighted by Crippen LogP contribution is 2.20. The second kappa shape index (κ2) is 7.29. The lowest BCUT2D eigenvalue weighted by Crippen LogP contribution is -2.50. The first kappa shape index (κ1) is 16.2. The van der Waals surface area contributed by atoms with E-state index in [9.17, 15) is 13.6 Å². The lowest BCUT2D eigenvalue weighted by atomic mass is 10.2. The molecule has 2 aromatic rings. The van der Waals surface area contributed by atoms with Gasteiger partial charge in [-0.3, -0.25) is 4.79 Å². The van der Waals surface area contributed by atoms with Crippen LogP contribution in [-0.4, -0.2) is 43.6 Å². The Labute approximate surface area is 139 Å². The molecule has 1 fully saturated rings. The number of hydrogen-bond acceptors (Lipinski definition) is 3. The van der Waals surface area contributed by atoms with Crippen LogP contribution in [0, 0.1) is 11.6 Å². The summed E-state index contributed by atoms with van der Waals surface area (Å²) in [5.74, 6) is -0.280. The number of carbonyl (C=O) groups is 1. The molecule has 0 aliphatic carbocycles. The van der Waals surface area contributed by atoms with E-state index in [1.807, 2.05) is 4.90 Å². The van der Waals surface area contributed by atoms with Crippen LogP contribution in [0.5, 0.6) is 5.75 Å². The van der Waals surface area contributed by atoms with E-state index in [0.717, 1.165) is 0 Å². The Morgan fingerprint density at radius 2 is 1.62 bits per heavy atom. The van der Waals surface area contributed by atoms with Crippen LogP contribution >= 0.6 is 0 Å². The molecule has 1 saturated heterocycles. The molecule has 0 spiro atoms. The summed E-state index contributed by atoms with van der Waals surface area (Å²) in [6.07, 6.45) is 0. The number of halogens is 2. The predicted molar refractivity (Wildman–Crippen MR) is 87.1 cm³/mol. The molecule has 24 heavy (non-hydrogen) atoms. The van der Waals surface area contributed by atoms with Gasteiger partial charge in [0.05, 0.1) is 5.69 Å². The van der Waals surface area contributed by atoms with Crippen LogP contribution in [0.4, 0.5) is 14.5 Å². The van der Waals surface area contributed by atoms with E-state index in [-0.39, 0.29) is 24.1 Å². The van der Waals surface area contributed by atoms with Crippen molar-refractivity contribution in [2.24, 2.45) is 0 Å². The van der Waals surface area contributed by atoms with E-state index >= 15 is 0 Å². The SMILES string of the molecule is O=C(COc1ccc(F)cc1)N1CCN(c2ccccc2F)CC1. The molecule has 0 saturated carbocycles. The van der Waals surface area contributed by atoms with Gasteiger partial charge in [0.1, 0.15) is 17.4 Å². The van der Waals surface area contributed by atoms with E-state index in [1.54, 1.807) is 23.1 Å². The van der Waals surface area contributed by atoms with Crippen LogP contribution in [0.2, 0.25) is 0 Å². The summed E-state index contributed by atoms with van der Waals surface area (Å²) >= 11 is 0. The molecule has 0 atom stereocenters. The Hall–Kier alpha value is -2.63. The first-order valence-corrected chi connectivity index (χ1v) is 7.79. The average Bonchev–Trinajstić information content (AvgIpc) is 2.61. The summed E-state index contributed by atoms with van der Waals surface area (Å²) in [5.41, 5.74) is 0.562. The monoisotopic (exact) mass is 332 g/mol. The number of nitrogens with zero attached hydrogens (tertiary/aromatic N) is 2. The molecule has 2 aromatic carbocycles. The number of ether oxygens (including phenoxy) is 1. The zero-order chi connectivity index (χ0) is 16.9. The van der Waals surface area contributed by atoms with Crippen molar-refractivity contribution in [3.8, 4) is 5.75 Å². The zero-order valence-corrected chi connectivity index (χ0v) is 13.1. The largest absolute Gasteiger partial charge is 0.484 e. The van der Waals surface area contributed by atoms with E-state index in [0.29, 0.717) is 37.6 Å². The van der Waals surface area contributed by atoms with Gasteiger partial charge in [0.2, 0.25) is 0 Å². The van der Waals surface area contributed by atoms with Crippen LogP contribution < -0.4 is 9.64 Å². The van der Waals surface area contributed by atoms with Gasteiger partial charge in [-0.25, -0.2) is 8.78 Å². The Balaban J connectivity index is 1.50. The third-order valence-corrected chi connectivity index (χ3v) is 4.00. The van der Waals surface area contributed by atoms with Crippen LogP contribution in [0.1, 0.15) is 0 Å². The topological polar surface area (TPSA) is 32.8 Å². The molecule has 1 aliphatic rings. The van der Waals surface area contributed by atoms with Gasteiger partial charge in [-0.2, -0.15) is 0 Å². The number of benzene rings is 2. The maximum atomic E-state index is 13.8. The van der Waals surface area contributed by atoms with E-state index in [4.69, 9.17) is 4.74 Å². The van der Waals surface area contributed by atoms with Gasteiger partial charge < -0.3 is 14.5 Å². The fourth-order valence-corrected chi connectivity index (χ4v) is 2.67. The van der Waals surface area contributed by atoms with Gasteiger partial charge in [-0.1, -0.05) is 12.1 Å². The Morgan fingerprint density at radius 1 is 0.958 bits per heavy atom. The van der Waals surface area contributed by atoms with E-state index < -0.39 is 0 Å². The second-order valence-corrected chi connectivity index (χ2v) is 5.56. The highest BCUT2D eigenvalue weighted by Gasteiger charge is 2.22. The van der Waals surface area contributed by atoms with Gasteiger partial charge >= 0.3 is 0 Å². The molecule has 0 unspecified atom stereocenters. The highest BCUT2D eigenvalue weighted by molar-refractivity contribution is 5.78. The Bertz CT molecular complexity index is 698. The standard InChI is InChI=1S/C18H18F2N2O2/c19-14-5-7-15(8-6-14)24-13-18(23)22-11-9-21(10-12-22)17-4-2-1-3-16(17)20/h1-8H,9-13H2. The maximum absolute atomic E-state index is 13.8. The van der Waals surface area contributed by atoms with Crippen LogP contribution in [0.15, 0.2) is 48.5 Å². The van der Waals surface area contributed by atoms with Crippen LogP contribution in [0.3, 0.4) is 0 Å². The molecule has 0 bridgehead atoms. The normalized spacial score (nSPS) is 14.6. The van der Waals surface area contributed by atoms with Crippen molar-refractivity contribution in [2.75, 3.05) is 37.7 Å². The number of anilines is 1. The van der Waals surface area contributed by atoms with Crippen molar-refractivity contribution in [1.82, 2.24) is 4.90 Å². The molecule has 3 rings (SSSR count). The van der Waals surface area contributed by atoms with Crippen LogP contribution in [0.25, 0.3) is 0 Å². The summed E-state index contributed by atoms with van der Waals surface area (Å²) < 4.78 is 32.0. The summed E-state index contributed by atoms with van der Waals surface area (Å²) in [6.45, 7) is 2.08. The third-order valence-electron chi connectivity index (χ3n) is 4.00. The van der Waals surface area contributed by atoms with Crippen molar-refractivity contribution in [1.29, 1.82) is 0 Å². The van der Waals surface area contributed by atoms with Crippen molar-refractivity contribution in [3.05, 3.63) is 60.2 Å². The molecule has 1 amide bonds. The molecular weight excluding hydrogens is 314 g/mol. The first-order valence-electron chi connectivity index (χ1n) is 7.79. The molecule has 126 valence electrons. The van der Waals surface area contributed by atoms with Crippen molar-refractivity contribution < 1.29 is 18.3 Å². The highest BCUT2D eigenvalue weighted by atomic mass is 19.1. The second-order valence-electron chi connectivity index (χ2n) is 5.56. The molecular formula is C18H18F2N2O2.